The van der Waals surface area contributed by atoms with Crippen LogP contribution >= 0.6 is 0 Å². The molecule has 1 atom stereocenters. The van der Waals surface area contributed by atoms with Crippen LogP contribution in [0.5, 0.6) is 0 Å². The van der Waals surface area contributed by atoms with E-state index in [1.807, 2.05) is 0 Å². The lowest BCUT2D eigenvalue weighted by molar-refractivity contribution is -0.159. The van der Waals surface area contributed by atoms with Gasteiger partial charge in [0.15, 0.2) is 0 Å². The number of nitrogens with zero attached hydrogens (tertiary/aromatic N) is 3. The molecule has 0 fully saturated rings. The van der Waals surface area contributed by atoms with Crippen molar-refractivity contribution in [2.45, 2.75) is 11.1 Å². The van der Waals surface area contributed by atoms with Crippen molar-refractivity contribution in [2.75, 3.05) is 6.26 Å². The molecule has 0 aliphatic rings. The SMILES string of the molecule is CS(=O)(=NC(=O)c1cccc(-c2noc(C(F)(F)F)n2)c1)c1c(F)cccc1F. The molecule has 1 aromatic heterocycles. The lowest BCUT2D eigenvalue weighted by atomic mass is 10.1. The van der Waals surface area contributed by atoms with Gasteiger partial charge in [-0.3, -0.25) is 4.79 Å². The monoisotopic (exact) mass is 431 g/mol. The Balaban J connectivity index is 1.99. The number of carbonyl (C=O) groups excluding carboxylic acids is 1. The molecule has 2 aromatic carbocycles. The molecule has 152 valence electrons. The maximum Gasteiger partial charge on any atom is 0.471 e. The van der Waals surface area contributed by atoms with Gasteiger partial charge in [-0.25, -0.2) is 13.0 Å². The van der Waals surface area contributed by atoms with E-state index >= 15 is 0 Å². The van der Waals surface area contributed by atoms with Gasteiger partial charge in [-0.2, -0.15) is 22.5 Å². The molecule has 0 N–H and O–H groups in total. The summed E-state index contributed by atoms with van der Waals surface area (Å²) in [5, 5.41) is 3.19. The molecule has 3 rings (SSSR count). The molecule has 12 heteroatoms. The first-order chi connectivity index (χ1) is 13.5. The topological polar surface area (TPSA) is 85.4 Å². The average Bonchev–Trinajstić information content (AvgIpc) is 3.11. The van der Waals surface area contributed by atoms with E-state index in [0.29, 0.717) is 0 Å². The number of carbonyl (C=O) groups is 1. The molecule has 1 heterocycles. The highest BCUT2D eigenvalue weighted by Gasteiger charge is 2.38. The number of halogens is 5. The second-order valence-corrected chi connectivity index (χ2v) is 7.95. The molecule has 0 bridgehead atoms. The van der Waals surface area contributed by atoms with Crippen LogP contribution in [0.1, 0.15) is 16.2 Å². The standard InChI is InChI=1S/C17H10F5N3O3S/c1-29(27,13-11(18)6-3-7-12(13)19)25-15(26)10-5-2-4-9(8-10)14-23-16(28-24-14)17(20,21)22/h2-8H,1H3. The van der Waals surface area contributed by atoms with Gasteiger partial charge in [0.25, 0.3) is 5.91 Å². The summed E-state index contributed by atoms with van der Waals surface area (Å²) in [6.45, 7) is 0. The third-order valence-electron chi connectivity index (χ3n) is 3.59. The third-order valence-corrected chi connectivity index (χ3v) is 5.25. The Morgan fingerprint density at radius 3 is 2.31 bits per heavy atom. The van der Waals surface area contributed by atoms with Crippen LogP contribution in [-0.2, 0) is 15.9 Å². The van der Waals surface area contributed by atoms with Gasteiger partial charge in [-0.15, -0.1) is 0 Å². The Morgan fingerprint density at radius 1 is 1.10 bits per heavy atom. The first kappa shape index (κ1) is 20.6. The van der Waals surface area contributed by atoms with Crippen molar-refractivity contribution >= 4 is 15.6 Å². The molecule has 0 aliphatic heterocycles. The van der Waals surface area contributed by atoms with E-state index in [4.69, 9.17) is 0 Å². The van der Waals surface area contributed by atoms with Crippen LogP contribution in [0.25, 0.3) is 11.4 Å². The minimum absolute atomic E-state index is 0.00928. The van der Waals surface area contributed by atoms with E-state index in [9.17, 15) is 31.0 Å². The van der Waals surface area contributed by atoms with Crippen LogP contribution in [0.3, 0.4) is 0 Å². The van der Waals surface area contributed by atoms with Crippen molar-refractivity contribution in [3.05, 3.63) is 65.6 Å². The number of aromatic nitrogens is 2. The number of hydrogen-bond donors (Lipinski definition) is 0. The molecule has 0 radical (unpaired) electrons. The van der Waals surface area contributed by atoms with E-state index in [0.717, 1.165) is 30.5 Å². The summed E-state index contributed by atoms with van der Waals surface area (Å²) in [5.74, 6) is -5.37. The van der Waals surface area contributed by atoms with Gasteiger partial charge in [0.05, 0.1) is 9.73 Å². The highest BCUT2D eigenvalue weighted by molar-refractivity contribution is 7.93. The van der Waals surface area contributed by atoms with Crippen LogP contribution in [-0.4, -0.2) is 26.5 Å². The fourth-order valence-corrected chi connectivity index (χ4v) is 3.72. The minimum Gasteiger partial charge on any atom is -0.329 e. The summed E-state index contributed by atoms with van der Waals surface area (Å²) in [6.07, 6.45) is -3.95. The van der Waals surface area contributed by atoms with Gasteiger partial charge >= 0.3 is 12.1 Å². The highest BCUT2D eigenvalue weighted by atomic mass is 32.2. The molecule has 6 nitrogen and oxygen atoms in total. The zero-order valence-electron chi connectivity index (χ0n) is 14.4. The molecule has 0 spiro atoms. The molecule has 29 heavy (non-hydrogen) atoms. The summed E-state index contributed by atoms with van der Waals surface area (Å²) in [7, 11) is -3.78. The summed E-state index contributed by atoms with van der Waals surface area (Å²) < 4.78 is 85.7. The first-order valence-electron chi connectivity index (χ1n) is 7.71. The van der Waals surface area contributed by atoms with Crippen molar-refractivity contribution in [3.8, 4) is 11.4 Å². The summed E-state index contributed by atoms with van der Waals surface area (Å²) in [4.78, 5) is 14.7. The number of hydrogen-bond acceptors (Lipinski definition) is 5. The van der Waals surface area contributed by atoms with E-state index in [2.05, 4.69) is 19.0 Å². The fraction of sp³-hybridized carbons (Fsp3) is 0.118. The second-order valence-electron chi connectivity index (χ2n) is 5.75. The zero-order valence-corrected chi connectivity index (χ0v) is 15.2. The van der Waals surface area contributed by atoms with Crippen molar-refractivity contribution in [1.82, 2.24) is 10.1 Å². The molecular formula is C17H10F5N3O3S. The maximum absolute atomic E-state index is 13.9. The molecular weight excluding hydrogens is 421 g/mol. The normalized spacial score (nSPS) is 13.7. The Kier molecular flexibility index (Phi) is 5.22. The van der Waals surface area contributed by atoms with Crippen molar-refractivity contribution in [1.29, 1.82) is 0 Å². The zero-order chi connectivity index (χ0) is 21.4. The Hall–Kier alpha value is -3.15. The Morgan fingerprint density at radius 2 is 1.72 bits per heavy atom. The summed E-state index contributed by atoms with van der Waals surface area (Å²) >= 11 is 0. The lowest BCUT2D eigenvalue weighted by Gasteiger charge is -2.07. The van der Waals surface area contributed by atoms with Crippen molar-refractivity contribution in [3.63, 3.8) is 0 Å². The molecule has 1 amide bonds. The largest absolute Gasteiger partial charge is 0.471 e. The molecule has 3 aromatic rings. The van der Waals surface area contributed by atoms with Gasteiger partial charge < -0.3 is 4.52 Å². The summed E-state index contributed by atoms with van der Waals surface area (Å²) in [6, 6.07) is 7.73. The van der Waals surface area contributed by atoms with E-state index < -0.39 is 50.1 Å². The van der Waals surface area contributed by atoms with Crippen LogP contribution in [0.2, 0.25) is 0 Å². The van der Waals surface area contributed by atoms with Crippen LogP contribution in [0, 0.1) is 11.6 Å². The maximum atomic E-state index is 13.9. The second kappa shape index (κ2) is 7.35. The van der Waals surface area contributed by atoms with Crippen molar-refractivity contribution < 1.29 is 35.5 Å². The lowest BCUT2D eigenvalue weighted by Crippen LogP contribution is -2.08. The van der Waals surface area contributed by atoms with Gasteiger partial charge in [0.1, 0.15) is 16.5 Å². The first-order valence-corrected chi connectivity index (χ1v) is 9.63. The third kappa shape index (κ3) is 4.31. The van der Waals surface area contributed by atoms with E-state index in [-0.39, 0.29) is 11.1 Å². The number of rotatable bonds is 3. The van der Waals surface area contributed by atoms with Gasteiger partial charge in [-0.05, 0) is 24.3 Å². The van der Waals surface area contributed by atoms with Crippen LogP contribution in [0.4, 0.5) is 22.0 Å². The van der Waals surface area contributed by atoms with Gasteiger partial charge in [-0.1, -0.05) is 23.4 Å². The number of amides is 1. The van der Waals surface area contributed by atoms with E-state index in [1.165, 1.54) is 18.2 Å². The average molecular weight is 431 g/mol. The van der Waals surface area contributed by atoms with Gasteiger partial charge in [0.2, 0.25) is 5.82 Å². The predicted molar refractivity (Wildman–Crippen MR) is 90.2 cm³/mol. The number of alkyl halides is 3. The van der Waals surface area contributed by atoms with E-state index in [1.54, 1.807) is 0 Å². The van der Waals surface area contributed by atoms with Crippen LogP contribution in [0.15, 0.2) is 56.2 Å². The highest BCUT2D eigenvalue weighted by Crippen LogP contribution is 2.29. The Labute approximate surface area is 160 Å². The van der Waals surface area contributed by atoms with Crippen molar-refractivity contribution in [2.24, 2.45) is 4.36 Å². The molecule has 0 saturated heterocycles. The Bertz CT molecular complexity index is 1190. The van der Waals surface area contributed by atoms with Crippen LogP contribution < -0.4 is 0 Å². The predicted octanol–water partition coefficient (Wildman–Crippen LogP) is 4.33. The minimum atomic E-state index is -4.84. The summed E-state index contributed by atoms with van der Waals surface area (Å²) in [5.41, 5.74) is -0.211. The number of benzene rings is 2. The molecule has 0 saturated carbocycles. The molecule has 0 aliphatic carbocycles. The van der Waals surface area contributed by atoms with Gasteiger partial charge in [0, 0.05) is 17.4 Å². The smallest absolute Gasteiger partial charge is 0.329 e. The molecule has 1 unspecified atom stereocenters. The quantitative estimate of drug-likeness (QED) is 0.577. The fourth-order valence-electron chi connectivity index (χ4n) is 2.35.